The van der Waals surface area contributed by atoms with Crippen LogP contribution in [-0.2, 0) is 6.42 Å². The molecule has 2 heterocycles. The fourth-order valence-electron chi connectivity index (χ4n) is 2.90. The molecule has 0 amide bonds. The maximum atomic E-state index is 12.8. The number of fused-ring (bicyclic) bond motifs is 1. The van der Waals surface area contributed by atoms with E-state index in [2.05, 4.69) is 26.0 Å². The third kappa shape index (κ3) is 4.34. The van der Waals surface area contributed by atoms with Crippen molar-refractivity contribution >= 4 is 38.3 Å². The number of nitrogens with zero attached hydrogens (tertiary/aromatic N) is 3. The largest absolute Gasteiger partial charge is 0.494 e. The first-order valence-corrected chi connectivity index (χ1v) is 11.1. The molecule has 2 aromatic heterocycles. The van der Waals surface area contributed by atoms with Gasteiger partial charge in [-0.25, -0.2) is 0 Å². The quantitative estimate of drug-likeness (QED) is 0.421. The number of ether oxygens (including phenoxy) is 1. The highest BCUT2D eigenvalue weighted by atomic mass is 79.9. The van der Waals surface area contributed by atoms with Crippen LogP contribution in [0.4, 0.5) is 0 Å². The molecule has 0 atom stereocenters. The second-order valence-corrected chi connectivity index (χ2v) is 8.53. The highest BCUT2D eigenvalue weighted by Crippen LogP contribution is 2.16. The Bertz CT molecular complexity index is 1360. The van der Waals surface area contributed by atoms with Crippen LogP contribution in [-0.4, -0.2) is 21.2 Å². The average Bonchev–Trinajstić information content (AvgIpc) is 3.04. The lowest BCUT2D eigenvalue weighted by molar-refractivity contribution is 0.317. The number of rotatable bonds is 6. The maximum Gasteiger partial charge on any atom is 0.296 e. The van der Waals surface area contributed by atoms with Gasteiger partial charge in [-0.05, 0) is 41.8 Å². The Balaban J connectivity index is 1.68. The minimum Gasteiger partial charge on any atom is -0.494 e. The van der Waals surface area contributed by atoms with Gasteiger partial charge < -0.3 is 4.74 Å². The molecule has 0 radical (unpaired) electrons. The molecule has 2 aromatic carbocycles. The normalized spacial score (nSPS) is 11.9. The number of benzene rings is 2. The van der Waals surface area contributed by atoms with Crippen LogP contribution in [0.5, 0.6) is 5.75 Å². The van der Waals surface area contributed by atoms with Crippen molar-refractivity contribution in [2.24, 2.45) is 0 Å². The van der Waals surface area contributed by atoms with Crippen LogP contribution in [0.25, 0.3) is 11.0 Å². The minimum absolute atomic E-state index is 0.233. The zero-order valence-corrected chi connectivity index (χ0v) is 18.6. The first-order chi connectivity index (χ1) is 14.5. The molecule has 0 saturated heterocycles. The second kappa shape index (κ2) is 8.89. The molecule has 0 bridgehead atoms. The summed E-state index contributed by atoms with van der Waals surface area (Å²) in [5.74, 6) is 0.783. The Kier molecular flexibility index (Phi) is 6.06. The number of aromatic nitrogens is 3. The molecule has 8 heteroatoms. The molecule has 4 aromatic rings. The van der Waals surface area contributed by atoms with Gasteiger partial charge in [0.1, 0.15) is 11.4 Å². The molecule has 0 aliphatic carbocycles. The van der Waals surface area contributed by atoms with Gasteiger partial charge in [-0.15, -0.1) is 0 Å². The van der Waals surface area contributed by atoms with Crippen molar-refractivity contribution in [3.63, 3.8) is 0 Å². The van der Waals surface area contributed by atoms with Crippen molar-refractivity contribution in [1.29, 1.82) is 0 Å². The summed E-state index contributed by atoms with van der Waals surface area (Å²) in [6, 6.07) is 15.1. The van der Waals surface area contributed by atoms with E-state index in [-0.39, 0.29) is 16.2 Å². The Hall–Kier alpha value is -2.84. The van der Waals surface area contributed by atoms with Crippen molar-refractivity contribution in [3.8, 4) is 5.75 Å². The summed E-state index contributed by atoms with van der Waals surface area (Å²) in [6.07, 6.45) is 3.00. The molecule has 0 N–H and O–H groups in total. The number of halogens is 1. The predicted octanol–water partition coefficient (Wildman–Crippen LogP) is 3.20. The van der Waals surface area contributed by atoms with E-state index in [1.165, 1.54) is 4.52 Å². The Morgan fingerprint density at radius 1 is 1.13 bits per heavy atom. The molecule has 0 spiro atoms. The monoisotopic (exact) mass is 483 g/mol. The lowest BCUT2D eigenvalue weighted by Crippen LogP contribution is -2.28. The van der Waals surface area contributed by atoms with Gasteiger partial charge in [0.15, 0.2) is 0 Å². The van der Waals surface area contributed by atoms with Crippen molar-refractivity contribution < 1.29 is 4.74 Å². The molecular weight excluding hydrogens is 466 g/mol. The summed E-state index contributed by atoms with van der Waals surface area (Å²) < 4.78 is 8.14. The van der Waals surface area contributed by atoms with Gasteiger partial charge in [-0.3, -0.25) is 9.59 Å². The van der Waals surface area contributed by atoms with E-state index in [0.717, 1.165) is 39.1 Å². The van der Waals surface area contributed by atoms with Gasteiger partial charge in [0, 0.05) is 10.9 Å². The van der Waals surface area contributed by atoms with Gasteiger partial charge >= 0.3 is 0 Å². The summed E-state index contributed by atoms with van der Waals surface area (Å²) >= 11 is 4.63. The fourth-order valence-corrected chi connectivity index (χ4v) is 4.20. The van der Waals surface area contributed by atoms with Crippen molar-refractivity contribution in [2.45, 2.75) is 19.8 Å². The van der Waals surface area contributed by atoms with Gasteiger partial charge in [-0.2, -0.15) is 14.6 Å². The Morgan fingerprint density at radius 2 is 1.90 bits per heavy atom. The van der Waals surface area contributed by atoms with Crippen LogP contribution < -0.4 is 20.4 Å². The lowest BCUT2D eigenvalue weighted by Gasteiger charge is -2.05. The highest BCUT2D eigenvalue weighted by molar-refractivity contribution is 9.10. The summed E-state index contributed by atoms with van der Waals surface area (Å²) in [6.45, 7) is 2.71. The molecule has 6 nitrogen and oxygen atoms in total. The maximum absolute atomic E-state index is 12.8. The molecule has 152 valence electrons. The number of thiazole rings is 1. The summed E-state index contributed by atoms with van der Waals surface area (Å²) in [5.41, 5.74) is 1.29. The average molecular weight is 484 g/mol. The standard InChI is InChI=1S/C22H18BrN3O3S/c1-2-11-29-16-9-7-14(8-10-16)12-18-20(27)24-22-26(25-18)21(28)19(30-22)13-15-5-3-4-6-17(15)23/h3-10,13H,2,11-12H2,1H3/b19-13+. The molecule has 0 unspecified atom stereocenters. The highest BCUT2D eigenvalue weighted by Gasteiger charge is 2.12. The van der Waals surface area contributed by atoms with Gasteiger partial charge in [0.25, 0.3) is 11.1 Å². The molecule has 0 aliphatic heterocycles. The van der Waals surface area contributed by atoms with E-state index in [4.69, 9.17) is 4.74 Å². The Morgan fingerprint density at radius 3 is 2.63 bits per heavy atom. The molecule has 0 fully saturated rings. The Labute approximate surface area is 184 Å². The molecule has 4 rings (SSSR count). The van der Waals surface area contributed by atoms with E-state index in [9.17, 15) is 9.59 Å². The zero-order chi connectivity index (χ0) is 21.1. The zero-order valence-electron chi connectivity index (χ0n) is 16.2. The van der Waals surface area contributed by atoms with Gasteiger partial charge in [-0.1, -0.05) is 64.5 Å². The number of hydrogen-bond acceptors (Lipinski definition) is 6. The molecule has 0 saturated carbocycles. The molecule has 30 heavy (non-hydrogen) atoms. The molecule has 0 aliphatic rings. The smallest absolute Gasteiger partial charge is 0.296 e. The second-order valence-electron chi connectivity index (χ2n) is 6.66. The lowest BCUT2D eigenvalue weighted by atomic mass is 10.1. The van der Waals surface area contributed by atoms with Crippen LogP contribution in [0.15, 0.2) is 62.6 Å². The first kappa shape index (κ1) is 20.4. The number of hydrogen-bond donors (Lipinski definition) is 0. The van der Waals surface area contributed by atoms with E-state index < -0.39 is 5.56 Å². The van der Waals surface area contributed by atoms with Crippen LogP contribution >= 0.6 is 27.3 Å². The third-order valence-corrected chi connectivity index (χ3v) is 6.09. The van der Waals surface area contributed by atoms with Crippen LogP contribution in [0.3, 0.4) is 0 Å². The summed E-state index contributed by atoms with van der Waals surface area (Å²) in [4.78, 5) is 29.6. The minimum atomic E-state index is -0.421. The van der Waals surface area contributed by atoms with E-state index in [0.29, 0.717) is 17.6 Å². The van der Waals surface area contributed by atoms with E-state index in [1.807, 2.05) is 55.5 Å². The summed E-state index contributed by atoms with van der Waals surface area (Å²) in [7, 11) is 0. The van der Waals surface area contributed by atoms with Crippen LogP contribution in [0.2, 0.25) is 0 Å². The topological polar surface area (TPSA) is 73.6 Å². The van der Waals surface area contributed by atoms with E-state index in [1.54, 1.807) is 6.08 Å². The van der Waals surface area contributed by atoms with Crippen LogP contribution in [0, 0.1) is 0 Å². The SMILES string of the molecule is CCCOc1ccc(Cc2nn3c(=O)/c(=C\c4ccccc4Br)sc3nc2=O)cc1. The van der Waals surface area contributed by atoms with Gasteiger partial charge in [0.2, 0.25) is 4.96 Å². The van der Waals surface area contributed by atoms with Gasteiger partial charge in [0.05, 0.1) is 11.1 Å². The predicted molar refractivity (Wildman–Crippen MR) is 121 cm³/mol. The van der Waals surface area contributed by atoms with Crippen molar-refractivity contribution in [2.75, 3.05) is 6.61 Å². The molecular formula is C22H18BrN3O3S. The third-order valence-electron chi connectivity index (χ3n) is 4.41. The van der Waals surface area contributed by atoms with Crippen molar-refractivity contribution in [1.82, 2.24) is 14.6 Å². The van der Waals surface area contributed by atoms with Crippen LogP contribution in [0.1, 0.15) is 30.2 Å². The summed E-state index contributed by atoms with van der Waals surface area (Å²) in [5, 5.41) is 4.30. The van der Waals surface area contributed by atoms with E-state index >= 15 is 0 Å². The fraction of sp³-hybridized carbons (Fsp3) is 0.182. The first-order valence-electron chi connectivity index (χ1n) is 9.46. The van der Waals surface area contributed by atoms with Crippen molar-refractivity contribution in [3.05, 3.63) is 95.1 Å².